The monoisotopic (exact) mass is 976 g/mol. The Labute approximate surface area is 410 Å². The first-order chi connectivity index (χ1) is 34.5. The maximum absolute atomic E-state index is 15.5. The highest BCUT2D eigenvalue weighted by atomic mass is 28.5. The van der Waals surface area contributed by atoms with Gasteiger partial charge in [-0.25, -0.2) is 9.59 Å². The number of hydrogen-bond donors (Lipinski definition) is 0. The van der Waals surface area contributed by atoms with Crippen molar-refractivity contribution < 1.29 is 60.1 Å². The Kier molecular flexibility index (Phi) is 12.2. The number of hydrogen-bond acceptors (Lipinski definition) is 13. The Morgan fingerprint density at radius 1 is 0.366 bits per heavy atom. The highest BCUT2D eigenvalue weighted by Crippen LogP contribution is 2.53. The average molecular weight is 977 g/mol. The lowest BCUT2D eigenvalue weighted by molar-refractivity contribution is -0.324. The van der Waals surface area contributed by atoms with E-state index in [-0.39, 0.29) is 44.5 Å². The fraction of sp³-hybridized carbons (Fsp3) is 0.0714. The van der Waals surface area contributed by atoms with Crippen LogP contribution in [-0.2, 0) is 72.3 Å². The Balaban J connectivity index is 1.30. The van der Waals surface area contributed by atoms with E-state index >= 15 is 9.59 Å². The van der Waals surface area contributed by atoms with Gasteiger partial charge in [0.05, 0.1) is 11.9 Å². The quantitative estimate of drug-likeness (QED) is 0.0983. The number of carboxylic acid groups (broad SMARTS) is 2. The summed E-state index contributed by atoms with van der Waals surface area (Å²) < 4.78 is 48.2. The Morgan fingerprint density at radius 2 is 0.577 bits per heavy atom. The molecule has 2 unspecified atom stereocenters. The minimum atomic E-state index is -5.98. The Hall–Kier alpha value is -8.13. The van der Waals surface area contributed by atoms with Gasteiger partial charge in [0.15, 0.2) is 11.2 Å². The first-order valence-corrected chi connectivity index (χ1v) is 25.6. The van der Waals surface area contributed by atoms with E-state index in [1.807, 2.05) is 0 Å². The minimum absolute atomic E-state index is 0.0419. The van der Waals surface area contributed by atoms with E-state index in [9.17, 15) is 19.8 Å². The van der Waals surface area contributed by atoms with E-state index in [4.69, 9.17) is 30.7 Å². The van der Waals surface area contributed by atoms with Gasteiger partial charge in [-0.3, -0.25) is 0 Å². The van der Waals surface area contributed by atoms with Gasteiger partial charge in [0.25, 0.3) is 0 Å². The largest absolute Gasteiger partial charge is 0.749 e. The molecular formula is C56H40O13Si2-2. The SMILES string of the molecule is O=C([O-])C(O[Si]1(O[Si]2(OC(C(=O)[O-])(c3ccccc3)c3ccccc3)OC(=O)C(c3ccccc3)(c3ccccc3)O2)OC(=O)C(c2ccccc2)(c2ccccc2)O1)(c1ccccc1)c1ccccc1. The van der Waals surface area contributed by atoms with Crippen molar-refractivity contribution in [1.29, 1.82) is 0 Å². The van der Waals surface area contributed by atoms with Gasteiger partial charge in [0, 0.05) is 0 Å². The molecule has 0 saturated carbocycles. The molecule has 15 heteroatoms. The number of aliphatic carboxylic acids is 2. The summed E-state index contributed by atoms with van der Waals surface area (Å²) in [6.07, 6.45) is 0. The number of carboxylic acids is 2. The van der Waals surface area contributed by atoms with Gasteiger partial charge in [0.1, 0.15) is 0 Å². The normalized spacial score (nSPS) is 19.3. The van der Waals surface area contributed by atoms with Crippen molar-refractivity contribution in [2.45, 2.75) is 22.4 Å². The Bertz CT molecular complexity index is 2800. The van der Waals surface area contributed by atoms with Crippen LogP contribution in [0.5, 0.6) is 0 Å². The smallest absolute Gasteiger partial charge is 0.546 e. The van der Waals surface area contributed by atoms with Crippen LogP contribution in [0.3, 0.4) is 0 Å². The predicted octanol–water partition coefficient (Wildman–Crippen LogP) is 6.33. The number of carbonyl (C=O) groups is 4. The number of rotatable bonds is 16. The molecule has 0 N–H and O–H groups in total. The van der Waals surface area contributed by atoms with Crippen LogP contribution in [0.4, 0.5) is 0 Å². The topological polar surface area (TPSA) is 179 Å². The van der Waals surface area contributed by atoms with Crippen molar-refractivity contribution >= 4 is 42.0 Å². The molecule has 13 nitrogen and oxygen atoms in total. The molecule has 0 bridgehead atoms. The molecule has 8 aromatic carbocycles. The molecule has 2 atom stereocenters. The second kappa shape index (κ2) is 18.7. The zero-order chi connectivity index (χ0) is 49.2. The average Bonchev–Trinajstić information content (AvgIpc) is 3.88. The zero-order valence-corrected chi connectivity index (χ0v) is 39.4. The van der Waals surface area contributed by atoms with Crippen molar-refractivity contribution in [3.8, 4) is 0 Å². The van der Waals surface area contributed by atoms with Gasteiger partial charge >= 0.3 is 30.0 Å². The van der Waals surface area contributed by atoms with Gasteiger partial charge in [-0.2, -0.15) is 0 Å². The predicted molar refractivity (Wildman–Crippen MR) is 254 cm³/mol. The van der Waals surface area contributed by atoms with Crippen molar-refractivity contribution in [3.63, 3.8) is 0 Å². The molecule has 2 aliphatic heterocycles. The van der Waals surface area contributed by atoms with E-state index in [1.165, 1.54) is 48.5 Å². The molecule has 71 heavy (non-hydrogen) atoms. The van der Waals surface area contributed by atoms with E-state index in [2.05, 4.69) is 0 Å². The molecule has 2 fully saturated rings. The van der Waals surface area contributed by atoms with Gasteiger partial charge in [0.2, 0.25) is 11.2 Å². The van der Waals surface area contributed by atoms with Crippen molar-refractivity contribution in [2.24, 2.45) is 0 Å². The first-order valence-electron chi connectivity index (χ1n) is 22.4. The molecular weight excluding hydrogens is 937 g/mol. The molecule has 0 spiro atoms. The van der Waals surface area contributed by atoms with Gasteiger partial charge in [-0.15, -0.1) is 0 Å². The summed E-state index contributed by atoms with van der Waals surface area (Å²) in [6.45, 7) is 0. The van der Waals surface area contributed by atoms with Crippen molar-refractivity contribution in [1.82, 2.24) is 0 Å². The summed E-state index contributed by atoms with van der Waals surface area (Å²) in [5.74, 6) is -6.00. The van der Waals surface area contributed by atoms with E-state index in [0.29, 0.717) is 0 Å². The van der Waals surface area contributed by atoms with Crippen LogP contribution in [0.15, 0.2) is 243 Å². The molecule has 10 rings (SSSR count). The standard InChI is InChI=1S/C56H42O13Si2/c57-49(58)53(41-25-9-1-10-26-41,42-27-11-2-12-28-42)65-70(63-51(61)55(67-70,45-33-17-5-18-34-45)46-35-19-6-20-36-46)69-71(66-54(50(59)60,43-29-13-3-14-30-43)44-31-15-4-16-32-44)64-52(62)56(68-71,47-37-21-7-22-38-47)48-39-23-8-24-40-48/h1-40H,(H,57,58)(H,59,60)/p-2. The summed E-state index contributed by atoms with van der Waals surface area (Å²) >= 11 is 0. The minimum Gasteiger partial charge on any atom is -0.546 e. The molecule has 0 radical (unpaired) electrons. The second-order valence-corrected chi connectivity index (χ2v) is 20.6. The van der Waals surface area contributed by atoms with Crippen LogP contribution in [0.2, 0.25) is 0 Å². The second-order valence-electron chi connectivity index (χ2n) is 16.5. The summed E-state index contributed by atoms with van der Waals surface area (Å²) in [7, 11) is -12.0. The van der Waals surface area contributed by atoms with E-state index < -0.39 is 64.4 Å². The fourth-order valence-corrected chi connectivity index (χ4v) is 15.1. The lowest BCUT2D eigenvalue weighted by Crippen LogP contribution is -2.67. The summed E-state index contributed by atoms with van der Waals surface area (Å²) in [5, 5.41) is 28.8. The van der Waals surface area contributed by atoms with Crippen molar-refractivity contribution in [3.05, 3.63) is 287 Å². The van der Waals surface area contributed by atoms with E-state index in [1.54, 1.807) is 194 Å². The maximum Gasteiger partial charge on any atom is 0.749 e. The first kappa shape index (κ1) is 46.6. The molecule has 0 aromatic heterocycles. The van der Waals surface area contributed by atoms with Crippen LogP contribution < -0.4 is 10.2 Å². The van der Waals surface area contributed by atoms with Crippen LogP contribution >= 0.6 is 0 Å². The lowest BCUT2D eigenvalue weighted by Gasteiger charge is -2.43. The molecule has 8 aromatic rings. The van der Waals surface area contributed by atoms with Crippen LogP contribution in [0, 0.1) is 0 Å². The summed E-state index contributed by atoms with van der Waals surface area (Å²) in [4.78, 5) is 59.7. The highest BCUT2D eigenvalue weighted by Gasteiger charge is 2.80. The Morgan fingerprint density at radius 3 is 0.789 bits per heavy atom. The number of carbonyl (C=O) groups excluding carboxylic acids is 4. The third-order valence-electron chi connectivity index (χ3n) is 12.4. The molecule has 2 aliphatic rings. The summed E-state index contributed by atoms with van der Waals surface area (Å²) in [6, 6.07) is 63.7. The van der Waals surface area contributed by atoms with Gasteiger partial charge in [-0.05, 0) is 44.5 Å². The van der Waals surface area contributed by atoms with Crippen LogP contribution in [-0.4, -0.2) is 42.0 Å². The van der Waals surface area contributed by atoms with E-state index in [0.717, 1.165) is 0 Å². The van der Waals surface area contributed by atoms with Gasteiger partial charge < -0.3 is 50.5 Å². The maximum atomic E-state index is 15.5. The third kappa shape index (κ3) is 7.87. The zero-order valence-electron chi connectivity index (χ0n) is 37.4. The molecule has 0 amide bonds. The molecule has 352 valence electrons. The lowest BCUT2D eigenvalue weighted by atomic mass is 9.86. The van der Waals surface area contributed by atoms with Gasteiger partial charge in [-0.1, -0.05) is 243 Å². The number of benzene rings is 8. The van der Waals surface area contributed by atoms with Crippen molar-refractivity contribution in [2.75, 3.05) is 0 Å². The molecule has 0 aliphatic carbocycles. The molecule has 2 heterocycles. The van der Waals surface area contributed by atoms with Crippen LogP contribution in [0.1, 0.15) is 44.5 Å². The van der Waals surface area contributed by atoms with Crippen LogP contribution in [0.25, 0.3) is 0 Å². The summed E-state index contributed by atoms with van der Waals surface area (Å²) in [5.41, 5.74) is -9.55. The fourth-order valence-electron chi connectivity index (χ4n) is 9.15. The highest BCUT2D eigenvalue weighted by molar-refractivity contribution is 6.72. The third-order valence-corrected chi connectivity index (χ3v) is 17.5. The molecule has 2 saturated heterocycles.